The number of hydrogen-bond acceptors (Lipinski definition) is 6. The van der Waals surface area contributed by atoms with Crippen LogP contribution in [0.4, 0.5) is 0 Å². The van der Waals surface area contributed by atoms with Gasteiger partial charge in [0.25, 0.3) is 0 Å². The van der Waals surface area contributed by atoms with Crippen LogP contribution in [-0.2, 0) is 0 Å². The van der Waals surface area contributed by atoms with Gasteiger partial charge in [-0.3, -0.25) is 0 Å². The van der Waals surface area contributed by atoms with Crippen molar-refractivity contribution in [3.63, 3.8) is 0 Å². The van der Waals surface area contributed by atoms with Crippen LogP contribution < -0.4 is 16.4 Å². The number of para-hydroxylation sites is 4. The molecule has 0 aliphatic carbocycles. The van der Waals surface area contributed by atoms with Crippen LogP contribution in [0.5, 0.6) is 0 Å². The maximum Gasteiger partial charge on any atom is 0.488 e. The van der Waals surface area contributed by atoms with Gasteiger partial charge < -0.3 is 43.8 Å². The zero-order chi connectivity index (χ0) is 65.2. The number of fused-ring (bicyclic) bond motifs is 9. The molecule has 0 aliphatic heterocycles. The Kier molecular flexibility index (Phi) is 16.7. The third-order valence-electron chi connectivity index (χ3n) is 18.1. The lowest BCUT2D eigenvalue weighted by Gasteiger charge is -2.11. The first-order chi connectivity index (χ1) is 47.1. The summed E-state index contributed by atoms with van der Waals surface area (Å²) in [4.78, 5) is 0. The van der Waals surface area contributed by atoms with Crippen LogP contribution in [0.15, 0.2) is 340 Å². The summed E-state index contributed by atoms with van der Waals surface area (Å²) < 4.78 is 6.93. The molecule has 6 N–H and O–H groups in total. The lowest BCUT2D eigenvalue weighted by molar-refractivity contribution is 0.424. The average molecular weight is 1240 g/mol. The maximum absolute atomic E-state index is 9.40. The Labute approximate surface area is 556 Å². The van der Waals surface area contributed by atoms with E-state index in [2.05, 4.69) is 262 Å². The summed E-state index contributed by atoms with van der Waals surface area (Å²) in [6.07, 6.45) is 0. The van der Waals surface area contributed by atoms with E-state index in [9.17, 15) is 30.1 Å². The van der Waals surface area contributed by atoms with Crippen molar-refractivity contribution in [2.75, 3.05) is 0 Å². The molecule has 0 amide bonds. The highest BCUT2D eigenvalue weighted by Gasteiger charge is 2.19. The van der Waals surface area contributed by atoms with Crippen molar-refractivity contribution in [2.45, 2.75) is 0 Å². The number of benzene rings is 14. The fourth-order valence-corrected chi connectivity index (χ4v) is 13.3. The molecule has 0 saturated carbocycles. The predicted octanol–water partition coefficient (Wildman–Crippen LogP) is 15.7. The van der Waals surface area contributed by atoms with Crippen LogP contribution >= 0.6 is 0 Å². The molecule has 12 heteroatoms. The van der Waals surface area contributed by atoms with E-state index in [0.717, 1.165) is 61.5 Å². The molecule has 0 atom stereocenters. The van der Waals surface area contributed by atoms with E-state index in [0.29, 0.717) is 16.4 Å². The number of aromatic nitrogens is 3. The normalized spacial score (nSPS) is 11.2. The summed E-state index contributed by atoms with van der Waals surface area (Å²) in [6, 6.07) is 116. The van der Waals surface area contributed by atoms with Crippen molar-refractivity contribution in [3.05, 3.63) is 340 Å². The number of rotatable bonds is 11. The number of nitrogens with zero attached hydrogens (tertiary/aromatic N) is 3. The molecule has 9 nitrogen and oxygen atoms in total. The molecule has 0 radical (unpaired) electrons. The van der Waals surface area contributed by atoms with E-state index in [1.165, 1.54) is 76.6 Å². The monoisotopic (exact) mass is 1240 g/mol. The topological polar surface area (TPSA) is 136 Å². The van der Waals surface area contributed by atoms with E-state index < -0.39 is 21.4 Å². The Morgan fingerprint density at radius 1 is 0.167 bits per heavy atom. The Bertz CT molecular complexity index is 5600. The fourth-order valence-electron chi connectivity index (χ4n) is 13.3. The van der Waals surface area contributed by atoms with Gasteiger partial charge in [-0.15, -0.1) is 0 Å². The van der Waals surface area contributed by atoms with E-state index in [4.69, 9.17) is 0 Å². The SMILES string of the molecule is OB(O)c1ccc(-c2ccc3c(c2)c2ccccc2n3-c2ccc(-c3ccccc3)cc2)cc1.OB(O)c1ccc(-c2ccc3c(c2)c2ccccc2n3-c2cccc(-c3ccccc3)c2)cc1.OB(O)c1ccc(-c2ccc3c(c2)c2ccccc2n3-c2ccccc2)cc1. The van der Waals surface area contributed by atoms with E-state index in [1.54, 1.807) is 36.4 Å². The second-order valence-corrected chi connectivity index (χ2v) is 23.9. The first kappa shape index (κ1) is 60.7. The van der Waals surface area contributed by atoms with E-state index in [1.807, 2.05) is 54.6 Å². The van der Waals surface area contributed by atoms with Gasteiger partial charge in [-0.05, 0) is 163 Å². The van der Waals surface area contributed by atoms with Gasteiger partial charge in [0.15, 0.2) is 0 Å². The van der Waals surface area contributed by atoms with Crippen molar-refractivity contribution in [1.82, 2.24) is 13.7 Å². The first-order valence-electron chi connectivity index (χ1n) is 32.0. The third-order valence-corrected chi connectivity index (χ3v) is 18.1. The molecular weight excluding hydrogens is 1180 g/mol. The highest BCUT2D eigenvalue weighted by Crippen LogP contribution is 2.39. The van der Waals surface area contributed by atoms with Crippen molar-refractivity contribution in [2.24, 2.45) is 0 Å². The van der Waals surface area contributed by atoms with Crippen LogP contribution in [0.2, 0.25) is 0 Å². The van der Waals surface area contributed by atoms with Gasteiger partial charge >= 0.3 is 21.4 Å². The Morgan fingerprint density at radius 2 is 0.406 bits per heavy atom. The second kappa shape index (κ2) is 26.4. The average Bonchev–Trinajstić information content (AvgIpc) is 1.61. The molecule has 0 bridgehead atoms. The quantitative estimate of drug-likeness (QED) is 0.0714. The van der Waals surface area contributed by atoms with Gasteiger partial charge in [0, 0.05) is 49.4 Å². The molecule has 17 aromatic rings. The van der Waals surface area contributed by atoms with Crippen molar-refractivity contribution >= 4 is 103 Å². The zero-order valence-corrected chi connectivity index (χ0v) is 52.1. The van der Waals surface area contributed by atoms with Crippen molar-refractivity contribution < 1.29 is 30.1 Å². The Morgan fingerprint density at radius 3 is 0.781 bits per heavy atom. The smallest absolute Gasteiger partial charge is 0.423 e. The van der Waals surface area contributed by atoms with Gasteiger partial charge in [0.05, 0.1) is 33.1 Å². The highest BCUT2D eigenvalue weighted by atomic mass is 16.4. The minimum atomic E-state index is -1.46. The fraction of sp³-hybridized carbons (Fsp3) is 0. The summed E-state index contributed by atoms with van der Waals surface area (Å²) in [6.45, 7) is 0. The van der Waals surface area contributed by atoms with Gasteiger partial charge in [-0.2, -0.15) is 0 Å². The molecule has 3 heterocycles. The van der Waals surface area contributed by atoms with Crippen molar-refractivity contribution in [1.29, 1.82) is 0 Å². The first-order valence-corrected chi connectivity index (χ1v) is 32.0. The van der Waals surface area contributed by atoms with Crippen molar-refractivity contribution in [3.8, 4) is 72.7 Å². The van der Waals surface area contributed by atoms with Crippen LogP contribution in [0, 0.1) is 0 Å². The summed E-state index contributed by atoms with van der Waals surface area (Å²) in [5.74, 6) is 0. The third kappa shape index (κ3) is 11.9. The van der Waals surface area contributed by atoms with Crippen LogP contribution in [-0.4, -0.2) is 65.2 Å². The van der Waals surface area contributed by atoms with Gasteiger partial charge in [0.1, 0.15) is 0 Å². The predicted molar refractivity (Wildman–Crippen MR) is 399 cm³/mol. The summed E-state index contributed by atoms with van der Waals surface area (Å²) in [5, 5.41) is 63.4. The number of hydrogen-bond donors (Lipinski definition) is 6. The zero-order valence-electron chi connectivity index (χ0n) is 52.1. The molecule has 0 saturated heterocycles. The largest absolute Gasteiger partial charge is 0.488 e. The minimum Gasteiger partial charge on any atom is -0.423 e. The van der Waals surface area contributed by atoms with Gasteiger partial charge in [0.2, 0.25) is 0 Å². The van der Waals surface area contributed by atoms with Crippen LogP contribution in [0.1, 0.15) is 0 Å². The standard InChI is InChI=1S/2C30H22BNO2.C24H18BNO2/c33-31(34)25-16-13-22(14-17-25)24-15-18-30-28(20-24)27-11-4-5-12-29(27)32(30)26-10-6-9-23(19-26)21-7-2-1-3-8-21;33-31(34)25-15-10-23(11-16-25)24-14-19-30-28(20-24)27-8-4-5-9-29(27)32(30)26-17-12-22(13-18-26)21-6-2-1-3-7-21;27-25(28)19-13-10-17(11-14-19)18-12-15-24-22(16-18)21-8-4-5-9-23(21)26(24)20-6-2-1-3-7-20/h2*1-20,33-34H;1-16,27-28H. The lowest BCUT2D eigenvalue weighted by Crippen LogP contribution is -2.29. The molecule has 0 fully saturated rings. The molecule has 96 heavy (non-hydrogen) atoms. The maximum atomic E-state index is 9.40. The lowest BCUT2D eigenvalue weighted by atomic mass is 9.80. The van der Waals surface area contributed by atoms with Gasteiger partial charge in [-0.25, -0.2) is 0 Å². The summed E-state index contributed by atoms with van der Waals surface area (Å²) >= 11 is 0. The summed E-state index contributed by atoms with van der Waals surface area (Å²) in [5.41, 5.74) is 23.0. The minimum absolute atomic E-state index is 0.486. The second-order valence-electron chi connectivity index (χ2n) is 23.9. The molecule has 0 spiro atoms. The molecule has 0 unspecified atom stereocenters. The molecule has 0 aliphatic rings. The molecule has 14 aromatic carbocycles. The molecule has 458 valence electrons. The summed E-state index contributed by atoms with van der Waals surface area (Å²) in [7, 11) is -4.36. The van der Waals surface area contributed by atoms with E-state index >= 15 is 0 Å². The van der Waals surface area contributed by atoms with Gasteiger partial charge in [-0.1, -0.05) is 249 Å². The van der Waals surface area contributed by atoms with Crippen LogP contribution in [0.25, 0.3) is 138 Å². The highest BCUT2D eigenvalue weighted by molar-refractivity contribution is 6.59. The molecule has 17 rings (SSSR count). The Balaban J connectivity index is 0.000000119. The molecular formula is C84H62B3N3O6. The molecule has 3 aromatic heterocycles. The van der Waals surface area contributed by atoms with Crippen LogP contribution in [0.3, 0.4) is 0 Å². The van der Waals surface area contributed by atoms with E-state index in [-0.39, 0.29) is 0 Å². The Hall–Kier alpha value is -11.6.